The van der Waals surface area contributed by atoms with Crippen LogP contribution in [0.15, 0.2) is 18.3 Å². The Hall–Kier alpha value is -1.60. The van der Waals surface area contributed by atoms with E-state index in [4.69, 9.17) is 16.9 Å². The molecule has 0 aromatic carbocycles. The summed E-state index contributed by atoms with van der Waals surface area (Å²) < 4.78 is 1.47. The molecule has 0 radical (unpaired) electrons. The number of nitrogens with zero attached hydrogens (tertiary/aromatic N) is 4. The second-order valence-electron chi connectivity index (χ2n) is 2.20. The highest BCUT2D eigenvalue weighted by atomic mass is 35.5. The van der Waals surface area contributed by atoms with Crippen LogP contribution in [0.25, 0.3) is 5.65 Å². The maximum atomic E-state index is 8.52. The van der Waals surface area contributed by atoms with Crippen molar-refractivity contribution in [2.75, 3.05) is 0 Å². The molecule has 0 aliphatic rings. The zero-order valence-corrected chi connectivity index (χ0v) is 6.65. The molecule has 2 aromatic rings. The smallest absolute Gasteiger partial charge is 0.161 e. The van der Waals surface area contributed by atoms with Crippen LogP contribution < -0.4 is 0 Å². The van der Waals surface area contributed by atoms with Gasteiger partial charge in [-0.3, -0.25) is 0 Å². The summed E-state index contributed by atoms with van der Waals surface area (Å²) in [4.78, 5) is 3.95. The van der Waals surface area contributed by atoms with Gasteiger partial charge < -0.3 is 0 Å². The van der Waals surface area contributed by atoms with E-state index in [1.54, 1.807) is 12.1 Å². The van der Waals surface area contributed by atoms with E-state index >= 15 is 0 Å². The minimum absolute atomic E-state index is 0.338. The first-order valence-electron chi connectivity index (χ1n) is 3.21. The summed E-state index contributed by atoms with van der Waals surface area (Å²) in [5.41, 5.74) is 0.959. The number of aromatic nitrogens is 3. The summed E-state index contributed by atoms with van der Waals surface area (Å²) in [6.07, 6.45) is 1.53. The lowest BCUT2D eigenvalue weighted by Gasteiger charge is -1.89. The molecule has 4 nitrogen and oxygen atoms in total. The first-order chi connectivity index (χ1) is 5.79. The lowest BCUT2D eigenvalue weighted by molar-refractivity contribution is 0.936. The van der Waals surface area contributed by atoms with E-state index in [0.717, 1.165) is 0 Å². The summed E-state index contributed by atoms with van der Waals surface area (Å²) in [6, 6.07) is 5.26. The molecule has 58 valence electrons. The van der Waals surface area contributed by atoms with Gasteiger partial charge in [-0.25, -0.2) is 9.50 Å². The van der Waals surface area contributed by atoms with Gasteiger partial charge in [0, 0.05) is 0 Å². The molecule has 0 N–H and O–H groups in total. The number of imidazole rings is 1. The van der Waals surface area contributed by atoms with E-state index in [1.165, 1.54) is 10.7 Å². The maximum absolute atomic E-state index is 8.52. The van der Waals surface area contributed by atoms with E-state index < -0.39 is 0 Å². The van der Waals surface area contributed by atoms with Gasteiger partial charge in [0.25, 0.3) is 0 Å². The first kappa shape index (κ1) is 7.07. The largest absolute Gasteiger partial charge is 0.218 e. The van der Waals surface area contributed by atoms with E-state index in [1.807, 2.05) is 6.07 Å². The Balaban J connectivity index is 2.77. The molecule has 5 heteroatoms. The summed E-state index contributed by atoms with van der Waals surface area (Å²) in [5, 5.41) is 12.8. The minimum Gasteiger partial charge on any atom is -0.218 e. The van der Waals surface area contributed by atoms with Crippen LogP contribution in [-0.2, 0) is 0 Å². The van der Waals surface area contributed by atoms with Crippen molar-refractivity contribution in [2.24, 2.45) is 0 Å². The fourth-order valence-electron chi connectivity index (χ4n) is 0.913. The number of nitriles is 1. The molecule has 2 aromatic heterocycles. The SMILES string of the molecule is N#Cc1cn2nc(Cl)ccc2n1. The van der Waals surface area contributed by atoms with Crippen molar-refractivity contribution in [1.82, 2.24) is 14.6 Å². The predicted octanol–water partition coefficient (Wildman–Crippen LogP) is 1.25. The summed E-state index contributed by atoms with van der Waals surface area (Å²) in [7, 11) is 0. The van der Waals surface area contributed by atoms with Crippen LogP contribution in [0.1, 0.15) is 5.69 Å². The van der Waals surface area contributed by atoms with E-state index in [2.05, 4.69) is 10.1 Å². The molecule has 0 amide bonds. The van der Waals surface area contributed by atoms with Crippen molar-refractivity contribution in [3.8, 4) is 6.07 Å². The number of halogens is 1. The molecule has 0 fully saturated rings. The van der Waals surface area contributed by atoms with Gasteiger partial charge in [0.15, 0.2) is 11.3 Å². The van der Waals surface area contributed by atoms with Crippen LogP contribution in [0.4, 0.5) is 0 Å². The molecule has 0 unspecified atom stereocenters. The number of rotatable bonds is 0. The van der Waals surface area contributed by atoms with Gasteiger partial charge in [0.2, 0.25) is 0 Å². The van der Waals surface area contributed by atoms with Gasteiger partial charge >= 0.3 is 0 Å². The van der Waals surface area contributed by atoms with Crippen molar-refractivity contribution in [3.05, 3.63) is 29.2 Å². The van der Waals surface area contributed by atoms with Crippen molar-refractivity contribution < 1.29 is 0 Å². The molecule has 2 heterocycles. The molecule has 2 rings (SSSR count). The maximum Gasteiger partial charge on any atom is 0.161 e. The average Bonchev–Trinajstić information content (AvgIpc) is 2.46. The quantitative estimate of drug-likeness (QED) is 0.610. The fourth-order valence-corrected chi connectivity index (χ4v) is 1.06. The van der Waals surface area contributed by atoms with E-state index in [0.29, 0.717) is 16.5 Å². The fraction of sp³-hybridized carbons (Fsp3) is 0. The highest BCUT2D eigenvalue weighted by Crippen LogP contribution is 2.06. The topological polar surface area (TPSA) is 54.0 Å². The van der Waals surface area contributed by atoms with Gasteiger partial charge in [0.1, 0.15) is 11.2 Å². The molecule has 0 saturated heterocycles. The molecule has 0 spiro atoms. The Morgan fingerprint density at radius 3 is 3.08 bits per heavy atom. The van der Waals surface area contributed by atoms with Gasteiger partial charge in [-0.1, -0.05) is 11.6 Å². The first-order valence-corrected chi connectivity index (χ1v) is 3.59. The van der Waals surface area contributed by atoms with Crippen LogP contribution in [-0.4, -0.2) is 14.6 Å². The molecule has 0 bridgehead atoms. The number of fused-ring (bicyclic) bond motifs is 1. The lowest BCUT2D eigenvalue weighted by Crippen LogP contribution is -1.88. The van der Waals surface area contributed by atoms with Gasteiger partial charge in [-0.15, -0.1) is 0 Å². The van der Waals surface area contributed by atoms with Crippen LogP contribution >= 0.6 is 11.6 Å². The Bertz CT molecular complexity index is 468. The Morgan fingerprint density at radius 1 is 1.50 bits per heavy atom. The van der Waals surface area contributed by atoms with Crippen molar-refractivity contribution in [2.45, 2.75) is 0 Å². The van der Waals surface area contributed by atoms with E-state index in [9.17, 15) is 0 Å². The summed E-state index contributed by atoms with van der Waals surface area (Å²) in [5.74, 6) is 0. The second kappa shape index (κ2) is 2.47. The molecule has 0 atom stereocenters. The lowest BCUT2D eigenvalue weighted by atomic mass is 10.5. The van der Waals surface area contributed by atoms with Crippen molar-refractivity contribution in [1.29, 1.82) is 5.26 Å². The minimum atomic E-state index is 0.338. The zero-order valence-electron chi connectivity index (χ0n) is 5.90. The highest BCUT2D eigenvalue weighted by Gasteiger charge is 2.00. The van der Waals surface area contributed by atoms with E-state index in [-0.39, 0.29) is 0 Å². The molecular formula is C7H3ClN4. The van der Waals surface area contributed by atoms with Gasteiger partial charge in [0.05, 0.1) is 6.20 Å². The average molecular weight is 179 g/mol. The van der Waals surface area contributed by atoms with Crippen molar-refractivity contribution >= 4 is 17.2 Å². The van der Waals surface area contributed by atoms with Crippen LogP contribution in [0.2, 0.25) is 5.15 Å². The van der Waals surface area contributed by atoms with Crippen LogP contribution in [0.3, 0.4) is 0 Å². The predicted molar refractivity (Wildman–Crippen MR) is 42.7 cm³/mol. The molecule has 0 aliphatic heterocycles. The molecule has 0 saturated carbocycles. The van der Waals surface area contributed by atoms with Gasteiger partial charge in [-0.05, 0) is 12.1 Å². The summed E-state index contributed by atoms with van der Waals surface area (Å²) in [6.45, 7) is 0. The monoisotopic (exact) mass is 178 g/mol. The van der Waals surface area contributed by atoms with Gasteiger partial charge in [-0.2, -0.15) is 10.4 Å². The number of hydrogen-bond donors (Lipinski definition) is 0. The second-order valence-corrected chi connectivity index (χ2v) is 2.58. The van der Waals surface area contributed by atoms with Crippen molar-refractivity contribution in [3.63, 3.8) is 0 Å². The summed E-state index contributed by atoms with van der Waals surface area (Å²) >= 11 is 5.63. The highest BCUT2D eigenvalue weighted by molar-refractivity contribution is 6.29. The molecule has 0 aliphatic carbocycles. The third kappa shape index (κ3) is 1.00. The Labute approximate surface area is 73.0 Å². The number of hydrogen-bond acceptors (Lipinski definition) is 3. The zero-order chi connectivity index (χ0) is 8.55. The Kier molecular flexibility index (Phi) is 1.45. The van der Waals surface area contributed by atoms with Crippen LogP contribution in [0, 0.1) is 11.3 Å². The third-order valence-corrected chi connectivity index (χ3v) is 1.60. The third-order valence-electron chi connectivity index (χ3n) is 1.40. The normalized spacial score (nSPS) is 10.0. The molecule has 12 heavy (non-hydrogen) atoms. The Morgan fingerprint density at radius 2 is 2.33 bits per heavy atom. The van der Waals surface area contributed by atoms with Crippen LogP contribution in [0.5, 0.6) is 0 Å². The standard InChI is InChI=1S/C7H3ClN4/c8-6-1-2-7-10-5(3-9)4-12(7)11-6/h1-2,4H. The molecular weight excluding hydrogens is 176 g/mol.